The van der Waals surface area contributed by atoms with Crippen molar-refractivity contribution in [2.24, 2.45) is 0 Å². The van der Waals surface area contributed by atoms with Crippen LogP contribution in [0.1, 0.15) is 23.2 Å². The molecule has 3 aromatic rings. The van der Waals surface area contributed by atoms with E-state index in [1.54, 1.807) is 0 Å². The summed E-state index contributed by atoms with van der Waals surface area (Å²) < 4.78 is 32.6. The number of nitrogens with one attached hydrogen (secondary N) is 2. The number of halogens is 4. The van der Waals surface area contributed by atoms with Gasteiger partial charge in [0, 0.05) is 41.3 Å². The van der Waals surface area contributed by atoms with Gasteiger partial charge in [0.2, 0.25) is 0 Å². The number of carbonyl (C=O) groups excluding carboxylic acids is 1. The van der Waals surface area contributed by atoms with Crippen molar-refractivity contribution in [3.63, 3.8) is 0 Å². The van der Waals surface area contributed by atoms with Gasteiger partial charge in [-0.1, -0.05) is 0 Å². The van der Waals surface area contributed by atoms with E-state index in [9.17, 15) is 18.0 Å². The number of alkyl halides is 3. The van der Waals surface area contributed by atoms with Gasteiger partial charge in [0.1, 0.15) is 16.2 Å². The average molecular weight is 564 g/mol. The summed E-state index contributed by atoms with van der Waals surface area (Å²) in [5, 5.41) is 19.3. The van der Waals surface area contributed by atoms with Crippen LogP contribution in [0.3, 0.4) is 0 Å². The van der Waals surface area contributed by atoms with Crippen molar-refractivity contribution in [1.29, 1.82) is 0 Å². The van der Waals surface area contributed by atoms with Crippen molar-refractivity contribution < 1.29 is 27.9 Å². The molecule has 33 heavy (non-hydrogen) atoms. The lowest BCUT2D eigenvalue weighted by Crippen LogP contribution is -2.61. The SMILES string of the molecule is O=C(Nc1cscc1Br)c1csc2ncc(N3C[C@H]4CC[C@@H]3CN4)nc12.O=C(O)C(F)(F)F. The van der Waals surface area contributed by atoms with Crippen molar-refractivity contribution >= 4 is 72.3 Å². The summed E-state index contributed by atoms with van der Waals surface area (Å²) in [6.07, 6.45) is -0.838. The molecule has 14 heteroatoms. The van der Waals surface area contributed by atoms with Crippen LogP contribution in [0.2, 0.25) is 0 Å². The number of aromatic nitrogens is 2. The zero-order valence-electron chi connectivity index (χ0n) is 16.7. The Hall–Kier alpha value is -2.29. The number of piperidine rings is 2. The normalized spacial score (nSPS) is 19.8. The number of thiophene rings is 2. The van der Waals surface area contributed by atoms with Gasteiger partial charge in [-0.05, 0) is 28.8 Å². The molecule has 2 bridgehead atoms. The predicted octanol–water partition coefficient (Wildman–Crippen LogP) is 4.34. The third-order valence-electron chi connectivity index (χ3n) is 5.26. The van der Waals surface area contributed by atoms with Crippen molar-refractivity contribution in [2.75, 3.05) is 23.3 Å². The van der Waals surface area contributed by atoms with Crippen LogP contribution in [0.4, 0.5) is 24.7 Å². The summed E-state index contributed by atoms with van der Waals surface area (Å²) >= 11 is 6.44. The van der Waals surface area contributed by atoms with Gasteiger partial charge < -0.3 is 20.6 Å². The largest absolute Gasteiger partial charge is 0.490 e. The Bertz CT molecular complexity index is 1180. The molecule has 6 heterocycles. The first-order chi connectivity index (χ1) is 15.6. The van der Waals surface area contributed by atoms with E-state index in [1.807, 2.05) is 22.3 Å². The Morgan fingerprint density at radius 1 is 1.27 bits per heavy atom. The molecule has 0 saturated carbocycles. The highest BCUT2D eigenvalue weighted by molar-refractivity contribution is 9.10. The minimum Gasteiger partial charge on any atom is -0.475 e. The number of carboxylic acid groups (broad SMARTS) is 1. The van der Waals surface area contributed by atoms with Crippen LogP contribution < -0.4 is 15.5 Å². The second kappa shape index (κ2) is 9.52. The lowest BCUT2D eigenvalue weighted by Gasteiger charge is -2.46. The van der Waals surface area contributed by atoms with Crippen LogP contribution in [0.15, 0.2) is 26.8 Å². The summed E-state index contributed by atoms with van der Waals surface area (Å²) in [6, 6.07) is 0.989. The molecule has 3 saturated heterocycles. The van der Waals surface area contributed by atoms with Crippen LogP contribution in [-0.2, 0) is 4.79 Å². The van der Waals surface area contributed by atoms with Crippen LogP contribution in [-0.4, -0.2) is 58.3 Å². The molecular weight excluding hydrogens is 547 g/mol. The van der Waals surface area contributed by atoms with Crippen molar-refractivity contribution in [2.45, 2.75) is 31.1 Å². The first kappa shape index (κ1) is 23.9. The van der Waals surface area contributed by atoms with E-state index >= 15 is 0 Å². The zero-order valence-corrected chi connectivity index (χ0v) is 19.9. The van der Waals surface area contributed by atoms with E-state index < -0.39 is 12.1 Å². The molecule has 1 amide bonds. The summed E-state index contributed by atoms with van der Waals surface area (Å²) in [6.45, 7) is 1.95. The van der Waals surface area contributed by atoms with E-state index in [4.69, 9.17) is 14.9 Å². The standard InChI is InChI=1S/C17H16BrN5OS2.C2HF3O2/c18-12-7-25-8-13(12)21-16(24)11-6-26-17-15(11)22-14(4-20-17)23-5-9-1-2-10(23)3-19-9;3-2(4,5)1(6)7/h4,6-10,19H,1-3,5H2,(H,21,24);(H,6,7)/t9-,10-;/m1./s1. The van der Waals surface area contributed by atoms with Crippen molar-refractivity contribution in [3.8, 4) is 0 Å². The lowest BCUT2D eigenvalue weighted by atomic mass is 9.93. The monoisotopic (exact) mass is 563 g/mol. The van der Waals surface area contributed by atoms with E-state index in [0.29, 0.717) is 23.2 Å². The average Bonchev–Trinajstić information content (AvgIpc) is 3.40. The second-order valence-electron chi connectivity index (χ2n) is 7.41. The fourth-order valence-corrected chi connectivity index (χ4v) is 5.80. The minimum atomic E-state index is -5.08. The Labute approximate surface area is 202 Å². The molecule has 8 nitrogen and oxygen atoms in total. The van der Waals surface area contributed by atoms with E-state index in [2.05, 4.69) is 36.4 Å². The van der Waals surface area contributed by atoms with Crippen molar-refractivity contribution in [1.82, 2.24) is 15.3 Å². The van der Waals surface area contributed by atoms with Crippen molar-refractivity contribution in [3.05, 3.63) is 32.4 Å². The van der Waals surface area contributed by atoms with Gasteiger partial charge in [0.15, 0.2) is 0 Å². The van der Waals surface area contributed by atoms with Gasteiger partial charge in [0.25, 0.3) is 5.91 Å². The molecule has 176 valence electrons. The lowest BCUT2D eigenvalue weighted by molar-refractivity contribution is -0.192. The smallest absolute Gasteiger partial charge is 0.475 e. The molecule has 0 aliphatic carbocycles. The van der Waals surface area contributed by atoms with Gasteiger partial charge in [-0.15, -0.1) is 22.7 Å². The molecule has 0 radical (unpaired) electrons. The molecule has 6 rings (SSSR count). The van der Waals surface area contributed by atoms with Gasteiger partial charge >= 0.3 is 12.1 Å². The van der Waals surface area contributed by atoms with E-state index in [-0.39, 0.29) is 5.91 Å². The Morgan fingerprint density at radius 3 is 2.58 bits per heavy atom. The quantitative estimate of drug-likeness (QED) is 0.435. The number of carbonyl (C=O) groups is 2. The number of hydrogen-bond donors (Lipinski definition) is 3. The summed E-state index contributed by atoms with van der Waals surface area (Å²) in [4.78, 5) is 34.2. The molecule has 3 aromatic heterocycles. The Morgan fingerprint density at radius 2 is 2.03 bits per heavy atom. The number of aliphatic carboxylic acids is 1. The number of piperazine rings is 1. The van der Waals surface area contributed by atoms with Crippen LogP contribution >= 0.6 is 38.6 Å². The topological polar surface area (TPSA) is 107 Å². The number of hydrogen-bond acceptors (Lipinski definition) is 8. The van der Waals surface area contributed by atoms with Gasteiger partial charge in [-0.3, -0.25) is 4.79 Å². The number of nitrogens with zero attached hydrogens (tertiary/aromatic N) is 3. The molecule has 0 spiro atoms. The number of amides is 1. The third-order valence-corrected chi connectivity index (χ3v) is 7.84. The highest BCUT2D eigenvalue weighted by atomic mass is 79.9. The number of rotatable bonds is 3. The molecular formula is C19H17BrF3N5O3S2. The Kier molecular flexibility index (Phi) is 6.88. The molecule has 3 aliphatic rings. The first-order valence-corrected chi connectivity index (χ1v) is 12.3. The zero-order chi connectivity index (χ0) is 23.8. The summed E-state index contributed by atoms with van der Waals surface area (Å²) in [5.41, 5.74) is 2.05. The molecule has 3 fully saturated rings. The fourth-order valence-electron chi connectivity index (χ4n) is 3.65. The van der Waals surface area contributed by atoms with Crippen LogP contribution in [0.5, 0.6) is 0 Å². The molecule has 2 atom stereocenters. The maximum atomic E-state index is 12.7. The maximum absolute atomic E-state index is 12.7. The predicted molar refractivity (Wildman–Crippen MR) is 123 cm³/mol. The van der Waals surface area contributed by atoms with Gasteiger partial charge in [-0.25, -0.2) is 14.8 Å². The summed E-state index contributed by atoms with van der Waals surface area (Å²) in [5.74, 6) is -2.03. The highest BCUT2D eigenvalue weighted by Gasteiger charge is 2.38. The first-order valence-electron chi connectivity index (χ1n) is 9.71. The molecule has 0 unspecified atom stereocenters. The minimum absolute atomic E-state index is 0.149. The number of anilines is 2. The third kappa shape index (κ3) is 5.28. The number of fused-ring (bicyclic) bond motifs is 4. The van der Waals surface area contributed by atoms with Crippen LogP contribution in [0.25, 0.3) is 10.3 Å². The van der Waals surface area contributed by atoms with Gasteiger partial charge in [-0.2, -0.15) is 13.2 Å². The van der Waals surface area contributed by atoms with Crippen LogP contribution in [0, 0.1) is 0 Å². The fraction of sp³-hybridized carbons (Fsp3) is 0.368. The van der Waals surface area contributed by atoms with Gasteiger partial charge in [0.05, 0.1) is 21.9 Å². The Balaban J connectivity index is 0.000000325. The number of carboxylic acids is 1. The second-order valence-corrected chi connectivity index (χ2v) is 9.87. The molecule has 3 N–H and O–H groups in total. The highest BCUT2D eigenvalue weighted by Crippen LogP contribution is 2.31. The molecule has 0 aromatic carbocycles. The van der Waals surface area contributed by atoms with E-state index in [1.165, 1.54) is 35.5 Å². The van der Waals surface area contributed by atoms with E-state index in [0.717, 1.165) is 33.9 Å². The molecule has 3 aliphatic heterocycles. The summed E-state index contributed by atoms with van der Waals surface area (Å²) in [7, 11) is 0. The maximum Gasteiger partial charge on any atom is 0.490 e.